The van der Waals surface area contributed by atoms with Crippen LogP contribution in [0.25, 0.3) is 0 Å². The van der Waals surface area contributed by atoms with Crippen LogP contribution in [0.4, 0.5) is 0 Å². The molecule has 1 aromatic rings. The number of thiocyanates is 1. The standard InChI is InChI=1S/C9H7NOS/c1-7-2-4-8(5-3-7)9(11)12-6-10/h2-5H,1H3. The molecule has 0 saturated heterocycles. The Hall–Kier alpha value is -1.27. The molecule has 12 heavy (non-hydrogen) atoms. The fourth-order valence-electron chi connectivity index (χ4n) is 0.790. The number of nitriles is 1. The lowest BCUT2D eigenvalue weighted by molar-refractivity contribution is 0.109. The third-order valence-electron chi connectivity index (χ3n) is 1.43. The molecule has 0 saturated carbocycles. The minimum Gasteiger partial charge on any atom is -0.280 e. The van der Waals surface area contributed by atoms with Crippen molar-refractivity contribution in [2.24, 2.45) is 0 Å². The van der Waals surface area contributed by atoms with E-state index in [1.807, 2.05) is 19.1 Å². The monoisotopic (exact) mass is 177 g/mol. The van der Waals surface area contributed by atoms with E-state index in [1.165, 1.54) is 0 Å². The highest BCUT2D eigenvalue weighted by Gasteiger charge is 2.04. The Morgan fingerprint density at radius 3 is 2.50 bits per heavy atom. The van der Waals surface area contributed by atoms with Crippen molar-refractivity contribution < 1.29 is 4.79 Å². The first-order chi connectivity index (χ1) is 5.74. The zero-order chi connectivity index (χ0) is 8.97. The maximum atomic E-state index is 11.1. The van der Waals surface area contributed by atoms with E-state index >= 15 is 0 Å². The maximum absolute atomic E-state index is 11.1. The summed E-state index contributed by atoms with van der Waals surface area (Å²) in [7, 11) is 0. The summed E-state index contributed by atoms with van der Waals surface area (Å²) in [6, 6.07) is 7.15. The fraction of sp³-hybridized carbons (Fsp3) is 0.111. The predicted octanol–water partition coefficient (Wildman–Crippen LogP) is 2.35. The molecule has 0 heterocycles. The molecule has 2 nitrogen and oxygen atoms in total. The molecule has 0 N–H and O–H groups in total. The fourth-order valence-corrected chi connectivity index (χ4v) is 1.13. The molecule has 0 amide bonds. The van der Waals surface area contributed by atoms with Crippen LogP contribution in [-0.2, 0) is 0 Å². The summed E-state index contributed by atoms with van der Waals surface area (Å²) < 4.78 is 0. The van der Waals surface area contributed by atoms with Gasteiger partial charge in [0.2, 0.25) is 5.12 Å². The van der Waals surface area contributed by atoms with Crippen molar-refractivity contribution in [1.29, 1.82) is 5.26 Å². The van der Waals surface area contributed by atoms with Crippen LogP contribution in [0.1, 0.15) is 15.9 Å². The molecule has 0 fully saturated rings. The Bertz CT molecular complexity index is 323. The van der Waals surface area contributed by atoms with Crippen LogP contribution < -0.4 is 0 Å². The van der Waals surface area contributed by atoms with Gasteiger partial charge in [-0.3, -0.25) is 4.79 Å². The van der Waals surface area contributed by atoms with Gasteiger partial charge in [-0.15, -0.1) is 0 Å². The molecule has 0 unspecified atom stereocenters. The van der Waals surface area contributed by atoms with E-state index in [4.69, 9.17) is 5.26 Å². The number of hydrogen-bond acceptors (Lipinski definition) is 3. The highest BCUT2D eigenvalue weighted by atomic mass is 32.2. The molecule has 0 aliphatic heterocycles. The van der Waals surface area contributed by atoms with E-state index in [0.29, 0.717) is 17.3 Å². The van der Waals surface area contributed by atoms with Crippen molar-refractivity contribution >= 4 is 16.9 Å². The molecular weight excluding hydrogens is 170 g/mol. The first-order valence-electron chi connectivity index (χ1n) is 3.41. The van der Waals surface area contributed by atoms with Crippen molar-refractivity contribution in [3.05, 3.63) is 35.4 Å². The van der Waals surface area contributed by atoms with Crippen molar-refractivity contribution in [1.82, 2.24) is 0 Å². The third kappa shape index (κ3) is 2.11. The van der Waals surface area contributed by atoms with Gasteiger partial charge in [-0.25, -0.2) is 0 Å². The first-order valence-corrected chi connectivity index (χ1v) is 4.22. The van der Waals surface area contributed by atoms with Crippen LogP contribution >= 0.6 is 11.8 Å². The topological polar surface area (TPSA) is 40.9 Å². The number of benzene rings is 1. The quantitative estimate of drug-likeness (QED) is 0.618. The molecule has 0 aliphatic rings. The number of carbonyl (C=O) groups excluding carboxylic acids is 1. The van der Waals surface area contributed by atoms with Gasteiger partial charge in [0.05, 0.1) is 0 Å². The molecule has 0 radical (unpaired) electrons. The smallest absolute Gasteiger partial charge is 0.233 e. The SMILES string of the molecule is Cc1ccc(C(=O)SC#N)cc1. The lowest BCUT2D eigenvalue weighted by Crippen LogP contribution is -1.90. The van der Waals surface area contributed by atoms with Crippen LogP contribution in [0, 0.1) is 17.6 Å². The van der Waals surface area contributed by atoms with Gasteiger partial charge in [0.15, 0.2) is 0 Å². The number of aryl methyl sites for hydroxylation is 1. The van der Waals surface area contributed by atoms with Crippen molar-refractivity contribution in [3.63, 3.8) is 0 Å². The summed E-state index contributed by atoms with van der Waals surface area (Å²) in [5.41, 5.74) is 1.68. The van der Waals surface area contributed by atoms with E-state index in [1.54, 1.807) is 17.5 Å². The second-order valence-electron chi connectivity index (χ2n) is 2.35. The average molecular weight is 177 g/mol. The van der Waals surface area contributed by atoms with Crippen LogP contribution in [-0.4, -0.2) is 5.12 Å². The van der Waals surface area contributed by atoms with Gasteiger partial charge in [-0.1, -0.05) is 29.8 Å². The molecule has 0 bridgehead atoms. The van der Waals surface area contributed by atoms with Crippen LogP contribution in [0.2, 0.25) is 0 Å². The minimum absolute atomic E-state index is 0.197. The zero-order valence-electron chi connectivity index (χ0n) is 6.57. The summed E-state index contributed by atoms with van der Waals surface area (Å²) in [5.74, 6) is 0. The molecule has 1 rings (SSSR count). The Labute approximate surface area is 75.2 Å². The summed E-state index contributed by atoms with van der Waals surface area (Å²) >= 11 is 0.657. The maximum Gasteiger partial charge on any atom is 0.233 e. The van der Waals surface area contributed by atoms with Gasteiger partial charge in [-0.05, 0) is 6.92 Å². The van der Waals surface area contributed by atoms with E-state index in [9.17, 15) is 4.79 Å². The summed E-state index contributed by atoms with van der Waals surface area (Å²) in [5, 5.41) is 9.80. The van der Waals surface area contributed by atoms with Gasteiger partial charge >= 0.3 is 0 Å². The van der Waals surface area contributed by atoms with Crippen LogP contribution in [0.3, 0.4) is 0 Å². The number of rotatable bonds is 1. The predicted molar refractivity (Wildman–Crippen MR) is 48.7 cm³/mol. The lowest BCUT2D eigenvalue weighted by Gasteiger charge is -1.95. The Morgan fingerprint density at radius 2 is 2.00 bits per heavy atom. The van der Waals surface area contributed by atoms with Crippen molar-refractivity contribution in [3.8, 4) is 5.40 Å². The van der Waals surface area contributed by atoms with Gasteiger partial charge in [0, 0.05) is 17.3 Å². The highest BCUT2D eigenvalue weighted by Crippen LogP contribution is 2.11. The molecule has 0 atom stereocenters. The summed E-state index contributed by atoms with van der Waals surface area (Å²) in [6.07, 6.45) is 0. The van der Waals surface area contributed by atoms with Gasteiger partial charge in [0.25, 0.3) is 0 Å². The van der Waals surface area contributed by atoms with E-state index in [-0.39, 0.29) is 5.12 Å². The zero-order valence-corrected chi connectivity index (χ0v) is 7.39. The van der Waals surface area contributed by atoms with Gasteiger partial charge in [0.1, 0.15) is 5.40 Å². The van der Waals surface area contributed by atoms with Crippen LogP contribution in [0.5, 0.6) is 0 Å². The number of nitrogens with zero attached hydrogens (tertiary/aromatic N) is 1. The second kappa shape index (κ2) is 3.93. The third-order valence-corrected chi connectivity index (χ3v) is 1.94. The second-order valence-corrected chi connectivity index (χ2v) is 3.10. The molecule has 3 heteroatoms. The normalized spacial score (nSPS) is 9.00. The molecule has 0 spiro atoms. The van der Waals surface area contributed by atoms with Gasteiger partial charge in [-0.2, -0.15) is 5.26 Å². The molecule has 0 aliphatic carbocycles. The number of thioether (sulfide) groups is 1. The van der Waals surface area contributed by atoms with Gasteiger partial charge < -0.3 is 0 Å². The van der Waals surface area contributed by atoms with Crippen LogP contribution in [0.15, 0.2) is 24.3 Å². The summed E-state index contributed by atoms with van der Waals surface area (Å²) in [4.78, 5) is 11.1. The van der Waals surface area contributed by atoms with E-state index in [0.717, 1.165) is 5.56 Å². The Kier molecular flexibility index (Phi) is 2.89. The molecule has 60 valence electrons. The Morgan fingerprint density at radius 1 is 1.42 bits per heavy atom. The van der Waals surface area contributed by atoms with E-state index in [2.05, 4.69) is 0 Å². The number of carbonyl (C=O) groups is 1. The van der Waals surface area contributed by atoms with E-state index < -0.39 is 0 Å². The Balaban J connectivity index is 2.84. The minimum atomic E-state index is -0.197. The summed E-state index contributed by atoms with van der Waals surface area (Å²) in [6.45, 7) is 1.95. The van der Waals surface area contributed by atoms with Crippen molar-refractivity contribution in [2.45, 2.75) is 6.92 Å². The van der Waals surface area contributed by atoms with Crippen molar-refractivity contribution in [2.75, 3.05) is 0 Å². The first kappa shape index (κ1) is 8.82. The number of hydrogen-bond donors (Lipinski definition) is 0. The molecule has 0 aromatic heterocycles. The molecular formula is C9H7NOS. The highest BCUT2D eigenvalue weighted by molar-refractivity contribution is 8.18. The largest absolute Gasteiger partial charge is 0.280 e. The average Bonchev–Trinajstić information content (AvgIpc) is 2.06. The molecule has 1 aromatic carbocycles. The lowest BCUT2D eigenvalue weighted by atomic mass is 10.2.